The van der Waals surface area contributed by atoms with Gasteiger partial charge >= 0.3 is 0 Å². The van der Waals surface area contributed by atoms with Crippen LogP contribution in [0.3, 0.4) is 0 Å². The number of hydrogen-bond donors (Lipinski definition) is 0. The average Bonchev–Trinajstić information content (AvgIpc) is 2.71. The standard InChI is InChI=1S/C8H9IN4S/c1-3-6-5(4-13(2)12-6)7-10-11-8(9)14-7/h4H,3H2,1-2H3. The molecule has 0 saturated carbocycles. The molecule has 0 amide bonds. The van der Waals surface area contributed by atoms with E-state index in [1.165, 1.54) is 0 Å². The van der Waals surface area contributed by atoms with Crippen molar-refractivity contribution in [2.24, 2.45) is 7.05 Å². The van der Waals surface area contributed by atoms with E-state index in [0.29, 0.717) is 0 Å². The van der Waals surface area contributed by atoms with E-state index in [0.717, 1.165) is 25.7 Å². The Hall–Kier alpha value is -0.500. The van der Waals surface area contributed by atoms with Crippen molar-refractivity contribution in [3.8, 4) is 10.6 Å². The summed E-state index contributed by atoms with van der Waals surface area (Å²) in [6.45, 7) is 2.10. The SMILES string of the molecule is CCc1nn(C)cc1-c1nnc(I)s1. The van der Waals surface area contributed by atoms with Crippen molar-refractivity contribution < 1.29 is 0 Å². The fourth-order valence-electron chi connectivity index (χ4n) is 1.29. The van der Waals surface area contributed by atoms with Gasteiger partial charge < -0.3 is 0 Å². The van der Waals surface area contributed by atoms with Gasteiger partial charge in [-0.3, -0.25) is 4.68 Å². The highest BCUT2D eigenvalue weighted by Crippen LogP contribution is 2.26. The van der Waals surface area contributed by atoms with Gasteiger partial charge in [0.1, 0.15) is 0 Å². The Morgan fingerprint density at radius 3 is 2.86 bits per heavy atom. The van der Waals surface area contributed by atoms with E-state index in [1.54, 1.807) is 11.3 Å². The van der Waals surface area contributed by atoms with Crippen molar-refractivity contribution >= 4 is 33.9 Å². The first-order chi connectivity index (χ1) is 6.70. The van der Waals surface area contributed by atoms with Crippen LogP contribution in [-0.4, -0.2) is 20.0 Å². The summed E-state index contributed by atoms with van der Waals surface area (Å²) in [5.41, 5.74) is 2.19. The first kappa shape index (κ1) is 10.0. The lowest BCUT2D eigenvalue weighted by Crippen LogP contribution is -1.89. The highest BCUT2D eigenvalue weighted by molar-refractivity contribution is 14.1. The van der Waals surface area contributed by atoms with E-state index < -0.39 is 0 Å². The van der Waals surface area contributed by atoms with Gasteiger partial charge in [0.2, 0.25) is 0 Å². The van der Waals surface area contributed by atoms with Gasteiger partial charge in [0.05, 0.1) is 11.3 Å². The summed E-state index contributed by atoms with van der Waals surface area (Å²) in [6, 6.07) is 0. The number of rotatable bonds is 2. The number of aryl methyl sites for hydroxylation is 2. The molecule has 0 aliphatic heterocycles. The molecule has 0 N–H and O–H groups in total. The second-order valence-corrected chi connectivity index (χ2v) is 5.61. The van der Waals surface area contributed by atoms with Crippen LogP contribution < -0.4 is 0 Å². The fraction of sp³-hybridized carbons (Fsp3) is 0.375. The van der Waals surface area contributed by atoms with Gasteiger partial charge in [0, 0.05) is 13.2 Å². The number of aromatic nitrogens is 4. The Morgan fingerprint density at radius 1 is 1.50 bits per heavy atom. The molecule has 2 rings (SSSR count). The maximum Gasteiger partial charge on any atom is 0.178 e. The normalized spacial score (nSPS) is 10.8. The van der Waals surface area contributed by atoms with Gasteiger partial charge in [-0.15, -0.1) is 10.2 Å². The molecular formula is C8H9IN4S. The smallest absolute Gasteiger partial charge is 0.178 e. The van der Waals surface area contributed by atoms with Gasteiger partial charge in [-0.05, 0) is 29.0 Å². The summed E-state index contributed by atoms with van der Waals surface area (Å²) in [6.07, 6.45) is 2.92. The van der Waals surface area contributed by atoms with Crippen LogP contribution in [0.2, 0.25) is 0 Å². The molecule has 0 fully saturated rings. The van der Waals surface area contributed by atoms with Crippen molar-refractivity contribution in [3.63, 3.8) is 0 Å². The van der Waals surface area contributed by atoms with Gasteiger partial charge in [-0.2, -0.15) is 5.10 Å². The molecule has 14 heavy (non-hydrogen) atoms. The molecule has 0 bridgehead atoms. The number of halogens is 1. The lowest BCUT2D eigenvalue weighted by Gasteiger charge is -1.91. The molecule has 4 nitrogen and oxygen atoms in total. The minimum atomic E-state index is 0.923. The zero-order valence-electron chi connectivity index (χ0n) is 7.86. The Bertz CT molecular complexity index is 448. The molecular weight excluding hydrogens is 311 g/mol. The van der Waals surface area contributed by atoms with Crippen LogP contribution in [-0.2, 0) is 13.5 Å². The molecule has 0 saturated heterocycles. The summed E-state index contributed by atoms with van der Waals surface area (Å²) in [7, 11) is 1.93. The van der Waals surface area contributed by atoms with Crippen LogP contribution in [0.25, 0.3) is 10.6 Å². The van der Waals surface area contributed by atoms with Crippen molar-refractivity contribution in [2.75, 3.05) is 0 Å². The second kappa shape index (κ2) is 3.93. The van der Waals surface area contributed by atoms with E-state index in [9.17, 15) is 0 Å². The summed E-state index contributed by atoms with van der Waals surface area (Å²) in [5, 5.41) is 13.4. The summed E-state index contributed by atoms with van der Waals surface area (Å²) in [4.78, 5) is 0. The molecule has 0 spiro atoms. The van der Waals surface area contributed by atoms with Gasteiger partial charge in [0.25, 0.3) is 0 Å². The molecule has 0 unspecified atom stereocenters. The lowest BCUT2D eigenvalue weighted by molar-refractivity contribution is 0.746. The molecule has 2 aromatic heterocycles. The van der Waals surface area contributed by atoms with Crippen LogP contribution in [0.5, 0.6) is 0 Å². The monoisotopic (exact) mass is 320 g/mol. The van der Waals surface area contributed by atoms with Crippen LogP contribution in [0.1, 0.15) is 12.6 Å². The minimum Gasteiger partial charge on any atom is -0.275 e. The molecule has 0 aliphatic rings. The first-order valence-electron chi connectivity index (χ1n) is 4.22. The van der Waals surface area contributed by atoms with Crippen LogP contribution >= 0.6 is 33.9 Å². The van der Waals surface area contributed by atoms with Gasteiger partial charge in [-0.25, -0.2) is 0 Å². The highest BCUT2D eigenvalue weighted by atomic mass is 127. The summed E-state index contributed by atoms with van der Waals surface area (Å²) in [5.74, 6) is 0. The van der Waals surface area contributed by atoms with E-state index in [4.69, 9.17) is 0 Å². The zero-order valence-corrected chi connectivity index (χ0v) is 10.8. The van der Waals surface area contributed by atoms with E-state index in [1.807, 2.05) is 17.9 Å². The third-order valence-electron chi connectivity index (χ3n) is 1.87. The van der Waals surface area contributed by atoms with Gasteiger partial charge in [-0.1, -0.05) is 18.3 Å². The maximum absolute atomic E-state index is 4.37. The number of nitrogens with zero attached hydrogens (tertiary/aromatic N) is 4. The molecule has 2 aromatic rings. The van der Waals surface area contributed by atoms with Gasteiger partial charge in [0.15, 0.2) is 8.02 Å². The van der Waals surface area contributed by atoms with E-state index >= 15 is 0 Å². The molecule has 6 heteroatoms. The Kier molecular flexibility index (Phi) is 2.82. The van der Waals surface area contributed by atoms with Crippen molar-refractivity contribution in [2.45, 2.75) is 13.3 Å². The van der Waals surface area contributed by atoms with E-state index in [-0.39, 0.29) is 0 Å². The van der Waals surface area contributed by atoms with Crippen LogP contribution in [0.4, 0.5) is 0 Å². The Morgan fingerprint density at radius 2 is 2.29 bits per heavy atom. The molecule has 0 atom stereocenters. The second-order valence-electron chi connectivity index (χ2n) is 2.88. The predicted octanol–water partition coefficient (Wildman–Crippen LogP) is 2.11. The van der Waals surface area contributed by atoms with Crippen LogP contribution in [0.15, 0.2) is 6.20 Å². The van der Waals surface area contributed by atoms with E-state index in [2.05, 4.69) is 44.8 Å². The van der Waals surface area contributed by atoms with Crippen molar-refractivity contribution in [3.05, 3.63) is 14.9 Å². The van der Waals surface area contributed by atoms with Crippen molar-refractivity contribution in [1.29, 1.82) is 0 Å². The third kappa shape index (κ3) is 1.81. The summed E-state index contributed by atoms with van der Waals surface area (Å²) >= 11 is 3.77. The zero-order chi connectivity index (χ0) is 10.1. The topological polar surface area (TPSA) is 43.6 Å². The lowest BCUT2D eigenvalue weighted by atomic mass is 10.2. The highest BCUT2D eigenvalue weighted by Gasteiger charge is 2.12. The van der Waals surface area contributed by atoms with Crippen molar-refractivity contribution in [1.82, 2.24) is 20.0 Å². The maximum atomic E-state index is 4.37. The third-order valence-corrected chi connectivity index (χ3v) is 3.49. The average molecular weight is 320 g/mol. The Balaban J connectivity index is 2.49. The van der Waals surface area contributed by atoms with Crippen LogP contribution in [0, 0.1) is 3.01 Å². The Labute approximate surface area is 99.5 Å². The summed E-state index contributed by atoms with van der Waals surface area (Å²) < 4.78 is 2.78. The fourth-order valence-corrected chi connectivity index (χ4v) is 2.63. The predicted molar refractivity (Wildman–Crippen MR) is 64.2 cm³/mol. The largest absolute Gasteiger partial charge is 0.275 e. The molecule has 2 heterocycles. The minimum absolute atomic E-state index is 0.923. The molecule has 0 aliphatic carbocycles. The molecule has 74 valence electrons. The molecule has 0 aromatic carbocycles. The number of hydrogen-bond acceptors (Lipinski definition) is 4. The first-order valence-corrected chi connectivity index (χ1v) is 6.12. The quantitative estimate of drug-likeness (QED) is 0.796. The molecule has 0 radical (unpaired) electrons.